The third-order valence-electron chi connectivity index (χ3n) is 2.27. The summed E-state index contributed by atoms with van der Waals surface area (Å²) in [5.41, 5.74) is -0.155. The molecule has 2 heterocycles. The van der Waals surface area contributed by atoms with Crippen LogP contribution in [0.5, 0.6) is 0 Å². The predicted molar refractivity (Wildman–Crippen MR) is 57.2 cm³/mol. The zero-order chi connectivity index (χ0) is 11.9. The Labute approximate surface area is 90.2 Å². The molecule has 7 heteroatoms. The van der Waals surface area contributed by atoms with Gasteiger partial charge >= 0.3 is 5.69 Å². The van der Waals surface area contributed by atoms with Gasteiger partial charge in [0, 0.05) is 12.6 Å². The van der Waals surface area contributed by atoms with Crippen LogP contribution in [-0.4, -0.2) is 24.7 Å². The largest absolute Gasteiger partial charge is 0.326 e. The van der Waals surface area contributed by atoms with Crippen molar-refractivity contribution in [3.8, 4) is 11.5 Å². The van der Waals surface area contributed by atoms with E-state index in [1.807, 2.05) is 0 Å². The lowest BCUT2D eigenvalue weighted by atomic mass is 10.2. The van der Waals surface area contributed by atoms with Crippen LogP contribution in [0.15, 0.2) is 9.59 Å². The zero-order valence-electron chi connectivity index (χ0n) is 9.16. The summed E-state index contributed by atoms with van der Waals surface area (Å²) >= 11 is 0. The summed E-state index contributed by atoms with van der Waals surface area (Å²) < 4.78 is 1.52. The highest BCUT2D eigenvalue weighted by Gasteiger charge is 2.13. The second-order valence-corrected chi connectivity index (χ2v) is 3.51. The van der Waals surface area contributed by atoms with Gasteiger partial charge in [0.1, 0.15) is 5.82 Å². The molecule has 0 fully saturated rings. The Hall–Kier alpha value is -2.18. The fourth-order valence-corrected chi connectivity index (χ4v) is 1.50. The molecule has 0 aliphatic carbocycles. The van der Waals surface area contributed by atoms with Crippen LogP contribution in [0.2, 0.25) is 0 Å². The molecule has 2 aromatic rings. The fourth-order valence-electron chi connectivity index (χ4n) is 1.50. The first-order valence-corrected chi connectivity index (χ1v) is 4.70. The van der Waals surface area contributed by atoms with Gasteiger partial charge in [0.05, 0.1) is 5.69 Å². The van der Waals surface area contributed by atoms with Gasteiger partial charge in [-0.2, -0.15) is 5.10 Å². The topological polar surface area (TPSA) is 96.4 Å². The molecule has 0 atom stereocenters. The van der Waals surface area contributed by atoms with Gasteiger partial charge in [0.2, 0.25) is 0 Å². The van der Waals surface area contributed by atoms with Crippen molar-refractivity contribution in [1.82, 2.24) is 24.7 Å². The van der Waals surface area contributed by atoms with Crippen molar-refractivity contribution in [3.05, 3.63) is 32.2 Å². The van der Waals surface area contributed by atoms with Crippen molar-refractivity contribution in [2.75, 3.05) is 0 Å². The number of hydrogen-bond acceptors (Lipinski definition) is 4. The molecule has 0 saturated carbocycles. The van der Waals surface area contributed by atoms with Crippen LogP contribution < -0.4 is 11.2 Å². The molecule has 0 bridgehead atoms. The van der Waals surface area contributed by atoms with E-state index in [1.54, 1.807) is 20.9 Å². The third-order valence-corrected chi connectivity index (χ3v) is 2.27. The van der Waals surface area contributed by atoms with Crippen LogP contribution in [-0.2, 0) is 7.05 Å². The Balaban J connectivity index is 2.78. The molecule has 2 rings (SSSR count). The van der Waals surface area contributed by atoms with Crippen LogP contribution in [0.3, 0.4) is 0 Å². The van der Waals surface area contributed by atoms with Crippen LogP contribution in [0.4, 0.5) is 0 Å². The number of aryl methyl sites for hydroxylation is 2. The van der Waals surface area contributed by atoms with E-state index in [0.29, 0.717) is 22.9 Å². The molecule has 84 valence electrons. The number of nitrogens with zero attached hydrogens (tertiary/aromatic N) is 3. The molecule has 0 aromatic carbocycles. The Kier molecular flexibility index (Phi) is 2.22. The molecule has 0 saturated heterocycles. The Morgan fingerprint density at radius 3 is 2.44 bits per heavy atom. The van der Waals surface area contributed by atoms with Gasteiger partial charge in [-0.05, 0) is 13.8 Å². The van der Waals surface area contributed by atoms with E-state index in [1.165, 1.54) is 4.68 Å². The monoisotopic (exact) mass is 221 g/mol. The molecule has 0 aliphatic heterocycles. The molecule has 2 N–H and O–H groups in total. The minimum absolute atomic E-state index is 0.400. The Morgan fingerprint density at radius 2 is 1.88 bits per heavy atom. The molecule has 2 aromatic heterocycles. The van der Waals surface area contributed by atoms with Crippen molar-refractivity contribution in [2.45, 2.75) is 13.8 Å². The van der Waals surface area contributed by atoms with Crippen molar-refractivity contribution in [3.63, 3.8) is 0 Å². The molecule has 0 aliphatic rings. The van der Waals surface area contributed by atoms with Crippen LogP contribution in [0.1, 0.15) is 11.4 Å². The average Bonchev–Trinajstić information content (AvgIpc) is 2.51. The van der Waals surface area contributed by atoms with Crippen molar-refractivity contribution >= 4 is 0 Å². The number of hydrogen-bond donors (Lipinski definition) is 2. The maximum absolute atomic E-state index is 11.4. The first-order chi connectivity index (χ1) is 7.49. The minimum Gasteiger partial charge on any atom is -0.304 e. The highest BCUT2D eigenvalue weighted by molar-refractivity contribution is 5.53. The van der Waals surface area contributed by atoms with E-state index in [4.69, 9.17) is 0 Å². The molecular formula is C9H11N5O2. The van der Waals surface area contributed by atoms with E-state index >= 15 is 0 Å². The van der Waals surface area contributed by atoms with Crippen LogP contribution >= 0.6 is 0 Å². The second-order valence-electron chi connectivity index (χ2n) is 3.51. The van der Waals surface area contributed by atoms with Gasteiger partial charge < -0.3 is 4.98 Å². The van der Waals surface area contributed by atoms with Gasteiger partial charge in [0.25, 0.3) is 5.56 Å². The third kappa shape index (κ3) is 1.56. The van der Waals surface area contributed by atoms with Gasteiger partial charge in [0.15, 0.2) is 5.82 Å². The summed E-state index contributed by atoms with van der Waals surface area (Å²) in [5.74, 6) is 1.05. The van der Waals surface area contributed by atoms with E-state index < -0.39 is 11.2 Å². The lowest BCUT2D eigenvalue weighted by Gasteiger charge is -2.02. The SMILES string of the molecule is Cc1nc(-c2[nH]c(=O)[nH]c(=O)c2C)n(C)n1. The Bertz CT molecular complexity index is 649. The molecule has 16 heavy (non-hydrogen) atoms. The maximum Gasteiger partial charge on any atom is 0.326 e. The molecule has 0 unspecified atom stereocenters. The summed E-state index contributed by atoms with van der Waals surface area (Å²) in [6.07, 6.45) is 0. The number of rotatable bonds is 1. The lowest BCUT2D eigenvalue weighted by molar-refractivity contribution is 0.759. The van der Waals surface area contributed by atoms with E-state index in [2.05, 4.69) is 20.1 Å². The van der Waals surface area contributed by atoms with Crippen molar-refractivity contribution in [2.24, 2.45) is 7.05 Å². The van der Waals surface area contributed by atoms with Gasteiger partial charge in [-0.3, -0.25) is 9.78 Å². The lowest BCUT2D eigenvalue weighted by Crippen LogP contribution is -2.25. The van der Waals surface area contributed by atoms with Crippen molar-refractivity contribution in [1.29, 1.82) is 0 Å². The summed E-state index contributed by atoms with van der Waals surface area (Å²) in [6.45, 7) is 3.36. The maximum atomic E-state index is 11.4. The molecule has 7 nitrogen and oxygen atoms in total. The summed E-state index contributed by atoms with van der Waals surface area (Å²) in [5, 5.41) is 4.06. The first kappa shape index (κ1) is 10.3. The molecule has 0 radical (unpaired) electrons. The smallest absolute Gasteiger partial charge is 0.304 e. The standard InChI is InChI=1S/C9H11N5O2/c1-4-6(11-9(16)12-8(4)15)7-10-5(2)13-14(7)3/h1-3H3,(H2,11,12,15,16). The van der Waals surface area contributed by atoms with E-state index in [-0.39, 0.29) is 0 Å². The average molecular weight is 221 g/mol. The predicted octanol–water partition coefficient (Wildman–Crippen LogP) is -0.524. The van der Waals surface area contributed by atoms with Gasteiger partial charge in [-0.25, -0.2) is 14.5 Å². The minimum atomic E-state index is -0.550. The van der Waals surface area contributed by atoms with E-state index in [9.17, 15) is 9.59 Å². The number of H-pyrrole nitrogens is 2. The molecular weight excluding hydrogens is 210 g/mol. The normalized spacial score (nSPS) is 10.7. The van der Waals surface area contributed by atoms with Crippen LogP contribution in [0.25, 0.3) is 11.5 Å². The number of aromatic nitrogens is 5. The highest BCUT2D eigenvalue weighted by atomic mass is 16.2. The zero-order valence-corrected chi connectivity index (χ0v) is 9.16. The summed E-state index contributed by atoms with van der Waals surface area (Å²) in [7, 11) is 1.70. The fraction of sp³-hybridized carbons (Fsp3) is 0.333. The number of nitrogens with one attached hydrogen (secondary N) is 2. The summed E-state index contributed by atoms with van der Waals surface area (Å²) in [4.78, 5) is 31.5. The van der Waals surface area contributed by atoms with Crippen LogP contribution in [0, 0.1) is 13.8 Å². The van der Waals surface area contributed by atoms with Gasteiger partial charge in [-0.1, -0.05) is 0 Å². The van der Waals surface area contributed by atoms with Gasteiger partial charge in [-0.15, -0.1) is 0 Å². The molecule has 0 amide bonds. The quantitative estimate of drug-likeness (QED) is 0.676. The van der Waals surface area contributed by atoms with Crippen molar-refractivity contribution < 1.29 is 0 Å². The summed E-state index contributed by atoms with van der Waals surface area (Å²) in [6, 6.07) is 0. The van der Waals surface area contributed by atoms with E-state index in [0.717, 1.165) is 0 Å². The highest BCUT2D eigenvalue weighted by Crippen LogP contribution is 2.13. The molecule has 0 spiro atoms. The second kappa shape index (κ2) is 3.44. The first-order valence-electron chi connectivity index (χ1n) is 4.70. The number of aromatic amines is 2. The Morgan fingerprint density at radius 1 is 1.19 bits per heavy atom.